The zero-order valence-electron chi connectivity index (χ0n) is 20.6. The van der Waals surface area contributed by atoms with Gasteiger partial charge in [0.2, 0.25) is 17.7 Å². The number of rotatable bonds is 9. The maximum absolute atomic E-state index is 14.0. The highest BCUT2D eigenvalue weighted by Gasteiger charge is 2.80. The molecule has 3 unspecified atom stereocenters. The van der Waals surface area contributed by atoms with Gasteiger partial charge in [0.25, 0.3) is 0 Å². The summed E-state index contributed by atoms with van der Waals surface area (Å²) in [5.41, 5.74) is -1.88. The lowest BCUT2D eigenvalue weighted by Crippen LogP contribution is -2.60. The highest BCUT2D eigenvalue weighted by atomic mass is 16.5. The third kappa shape index (κ3) is 3.54. The second kappa shape index (κ2) is 8.93. The average molecular weight is 452 g/mol. The fourth-order valence-corrected chi connectivity index (χ4v) is 6.27. The van der Waals surface area contributed by atoms with Crippen LogP contribution in [0.2, 0.25) is 0 Å². The summed E-state index contributed by atoms with van der Waals surface area (Å²) in [4.78, 5) is 42.4. The van der Waals surface area contributed by atoms with Crippen LogP contribution in [0, 0.1) is 23.7 Å². The number of hydrogen-bond donors (Lipinski definition) is 3. The quantitative estimate of drug-likeness (QED) is 0.492. The van der Waals surface area contributed by atoms with Gasteiger partial charge in [-0.05, 0) is 45.4 Å². The molecule has 8 atom stereocenters. The minimum Gasteiger partial charge on any atom is -0.394 e. The van der Waals surface area contributed by atoms with Crippen LogP contribution >= 0.6 is 0 Å². The van der Waals surface area contributed by atoms with Crippen LogP contribution in [-0.2, 0) is 19.1 Å². The predicted molar refractivity (Wildman–Crippen MR) is 121 cm³/mol. The van der Waals surface area contributed by atoms with Crippen LogP contribution in [0.3, 0.4) is 0 Å². The van der Waals surface area contributed by atoms with Gasteiger partial charge >= 0.3 is 0 Å². The van der Waals surface area contributed by atoms with E-state index in [9.17, 15) is 19.5 Å². The highest BCUT2D eigenvalue weighted by molar-refractivity contribution is 5.99. The molecule has 3 aliphatic heterocycles. The molecule has 3 rings (SSSR count). The van der Waals surface area contributed by atoms with Gasteiger partial charge in [0.15, 0.2) is 0 Å². The monoisotopic (exact) mass is 451 g/mol. The van der Waals surface area contributed by atoms with Gasteiger partial charge in [-0.2, -0.15) is 0 Å². The molecule has 32 heavy (non-hydrogen) atoms. The topological polar surface area (TPSA) is 108 Å². The Morgan fingerprint density at radius 1 is 1.25 bits per heavy atom. The number of carbonyl (C=O) groups is 3. The van der Waals surface area contributed by atoms with E-state index in [-0.39, 0.29) is 42.2 Å². The summed E-state index contributed by atoms with van der Waals surface area (Å²) in [7, 11) is 0. The summed E-state index contributed by atoms with van der Waals surface area (Å²) in [5.74, 6) is -2.11. The largest absolute Gasteiger partial charge is 0.394 e. The fourth-order valence-electron chi connectivity index (χ4n) is 6.27. The minimum atomic E-state index is -1.07. The Bertz CT molecular complexity index is 758. The van der Waals surface area contributed by atoms with Crippen LogP contribution in [0.4, 0.5) is 0 Å². The van der Waals surface area contributed by atoms with E-state index in [4.69, 9.17) is 4.74 Å². The van der Waals surface area contributed by atoms with E-state index in [0.29, 0.717) is 13.0 Å². The van der Waals surface area contributed by atoms with E-state index in [2.05, 4.69) is 10.6 Å². The summed E-state index contributed by atoms with van der Waals surface area (Å²) < 4.78 is 6.66. The van der Waals surface area contributed by atoms with Crippen molar-refractivity contribution in [3.05, 3.63) is 0 Å². The van der Waals surface area contributed by atoms with Gasteiger partial charge in [0.1, 0.15) is 11.6 Å². The van der Waals surface area contributed by atoms with Gasteiger partial charge < -0.3 is 25.4 Å². The van der Waals surface area contributed by atoms with E-state index in [1.807, 2.05) is 48.5 Å². The van der Waals surface area contributed by atoms with Crippen LogP contribution in [0.15, 0.2) is 0 Å². The Morgan fingerprint density at radius 3 is 2.44 bits per heavy atom. The van der Waals surface area contributed by atoms with Gasteiger partial charge in [0.05, 0.1) is 30.1 Å². The lowest BCUT2D eigenvalue weighted by atomic mass is 9.62. The van der Waals surface area contributed by atoms with Gasteiger partial charge in [-0.25, -0.2) is 0 Å². The molecule has 3 fully saturated rings. The summed E-state index contributed by atoms with van der Waals surface area (Å²) in [6.45, 7) is 14.0. The molecule has 8 nitrogen and oxygen atoms in total. The molecule has 0 radical (unpaired) electrons. The summed E-state index contributed by atoms with van der Waals surface area (Å²) in [5, 5.41) is 16.2. The van der Waals surface area contributed by atoms with Gasteiger partial charge in [-0.3, -0.25) is 14.4 Å². The summed E-state index contributed by atoms with van der Waals surface area (Å²) >= 11 is 0. The number of nitrogens with zero attached hydrogens (tertiary/aromatic N) is 1. The lowest BCUT2D eigenvalue weighted by molar-refractivity contribution is -0.152. The van der Waals surface area contributed by atoms with E-state index in [1.54, 1.807) is 4.90 Å². The Labute approximate surface area is 191 Å². The van der Waals surface area contributed by atoms with Crippen molar-refractivity contribution in [1.29, 1.82) is 0 Å². The normalized spacial score (nSPS) is 37.5. The number of carbonyl (C=O) groups excluding carboxylic acids is 3. The predicted octanol–water partition coefficient (Wildman–Crippen LogP) is 1.45. The number of likely N-dealkylation sites (tertiary alicyclic amines) is 1. The number of aliphatic hydroxyl groups excluding tert-OH is 1. The third-order valence-corrected chi connectivity index (χ3v) is 8.11. The minimum absolute atomic E-state index is 0.00824. The molecule has 2 bridgehead atoms. The molecule has 0 aromatic heterocycles. The Kier molecular flexibility index (Phi) is 6.97. The van der Waals surface area contributed by atoms with E-state index in [0.717, 1.165) is 12.8 Å². The Hall–Kier alpha value is -1.67. The van der Waals surface area contributed by atoms with E-state index >= 15 is 0 Å². The first kappa shape index (κ1) is 25.0. The molecule has 0 aromatic rings. The number of nitrogens with one attached hydrogen (secondary N) is 2. The van der Waals surface area contributed by atoms with Crippen LogP contribution < -0.4 is 10.6 Å². The molecule has 1 spiro atoms. The van der Waals surface area contributed by atoms with Crippen molar-refractivity contribution in [3.8, 4) is 0 Å². The first-order valence-corrected chi connectivity index (χ1v) is 12.2. The maximum Gasteiger partial charge on any atom is 0.246 e. The van der Waals surface area contributed by atoms with Crippen LogP contribution in [0.1, 0.15) is 67.7 Å². The van der Waals surface area contributed by atoms with Crippen molar-refractivity contribution >= 4 is 17.7 Å². The van der Waals surface area contributed by atoms with E-state index < -0.39 is 35.1 Å². The van der Waals surface area contributed by atoms with Crippen LogP contribution in [0.25, 0.3) is 0 Å². The first-order chi connectivity index (χ1) is 15.0. The molecule has 0 saturated carbocycles. The van der Waals surface area contributed by atoms with Crippen molar-refractivity contribution in [2.75, 3.05) is 13.2 Å². The summed E-state index contributed by atoms with van der Waals surface area (Å²) in [6.07, 6.45) is 2.07. The zero-order valence-corrected chi connectivity index (χ0v) is 20.6. The molecule has 3 aliphatic rings. The van der Waals surface area contributed by atoms with Gasteiger partial charge in [-0.1, -0.05) is 34.1 Å². The Morgan fingerprint density at radius 2 is 1.91 bits per heavy atom. The second-order valence-electron chi connectivity index (χ2n) is 10.5. The SMILES string of the molecule is CCCNC(=O)[C@@H]1[C@H]2C(=O)N([C@@H](CO)[C@@H](C)CC)C(C(=O)NC(C)C)C23CC(C)[C@@]1(C)O3. The Balaban J connectivity index is 2.13. The maximum atomic E-state index is 14.0. The van der Waals surface area contributed by atoms with Gasteiger partial charge in [0, 0.05) is 12.6 Å². The van der Waals surface area contributed by atoms with E-state index in [1.165, 1.54) is 0 Å². The highest BCUT2D eigenvalue weighted by Crippen LogP contribution is 2.65. The number of amides is 3. The van der Waals surface area contributed by atoms with Crippen molar-refractivity contribution in [2.24, 2.45) is 23.7 Å². The molecule has 182 valence electrons. The van der Waals surface area contributed by atoms with Crippen molar-refractivity contribution in [2.45, 2.75) is 97.1 Å². The van der Waals surface area contributed by atoms with Crippen molar-refractivity contribution in [3.63, 3.8) is 0 Å². The molecule has 0 aliphatic carbocycles. The molecular weight excluding hydrogens is 410 g/mol. The number of aliphatic hydroxyl groups is 1. The lowest BCUT2D eigenvalue weighted by Gasteiger charge is -2.39. The molecule has 3 saturated heterocycles. The molecule has 0 aromatic carbocycles. The number of hydrogen-bond acceptors (Lipinski definition) is 5. The summed E-state index contributed by atoms with van der Waals surface area (Å²) in [6, 6.07) is -1.50. The van der Waals surface area contributed by atoms with Crippen LogP contribution in [-0.4, -0.2) is 70.2 Å². The zero-order chi connectivity index (χ0) is 24.0. The van der Waals surface area contributed by atoms with Gasteiger partial charge in [-0.15, -0.1) is 0 Å². The molecule has 3 amide bonds. The van der Waals surface area contributed by atoms with Crippen molar-refractivity contribution in [1.82, 2.24) is 15.5 Å². The molecule has 3 N–H and O–H groups in total. The standard InChI is InChI=1S/C24H41N3O5/c1-8-10-25-20(29)17-18-22(31)27(16(12-28)14(5)9-2)19(21(30)26-13(3)4)24(18)11-15(6)23(17,7)32-24/h13-19,28H,8-12H2,1-7H3,(H,25,29)(H,26,30)/t14-,15?,16-,17-,18-,19?,23+,24?/m0/s1. The number of fused-ring (bicyclic) bond motifs is 1. The number of ether oxygens (including phenoxy) is 1. The molecule has 8 heteroatoms. The first-order valence-electron chi connectivity index (χ1n) is 12.2. The van der Waals surface area contributed by atoms with Crippen molar-refractivity contribution < 1.29 is 24.2 Å². The molecule has 3 heterocycles. The second-order valence-corrected chi connectivity index (χ2v) is 10.5. The molecular formula is C24H41N3O5. The smallest absolute Gasteiger partial charge is 0.246 e. The third-order valence-electron chi connectivity index (χ3n) is 8.11. The van der Waals surface area contributed by atoms with Crippen LogP contribution in [0.5, 0.6) is 0 Å². The fraction of sp³-hybridized carbons (Fsp3) is 0.875. The average Bonchev–Trinajstić information content (AvgIpc) is 3.23.